The quantitative estimate of drug-likeness (QED) is 0.571. The number of nitrogens with one attached hydrogen (secondary N) is 2. The molecular weight excluding hydrogens is 194 g/mol. The monoisotopic (exact) mass is 215 g/mol. The summed E-state index contributed by atoms with van der Waals surface area (Å²) in [6.07, 6.45) is 2.11. The lowest BCUT2D eigenvalue weighted by atomic mass is 10.0. The molecule has 0 saturated carbocycles. The highest BCUT2D eigenvalue weighted by Gasteiger charge is 2.22. The number of urea groups is 1. The maximum Gasteiger partial charge on any atom is 0.315 e. The summed E-state index contributed by atoms with van der Waals surface area (Å²) >= 11 is 0. The first-order chi connectivity index (χ1) is 6.87. The number of amides is 3. The van der Waals surface area contributed by atoms with Crippen molar-refractivity contribution in [2.45, 2.75) is 45.6 Å². The Morgan fingerprint density at radius 3 is 2.40 bits per heavy atom. The van der Waals surface area contributed by atoms with Crippen LogP contribution in [0.25, 0.3) is 0 Å². The van der Waals surface area contributed by atoms with Crippen LogP contribution in [0.5, 0.6) is 0 Å². The fourth-order valence-corrected chi connectivity index (χ4v) is 1.21. The Balaban J connectivity index is 3.88. The summed E-state index contributed by atoms with van der Waals surface area (Å²) in [5.41, 5.74) is 4.47. The Morgan fingerprint density at radius 1 is 1.33 bits per heavy atom. The van der Waals surface area contributed by atoms with Crippen LogP contribution in [-0.4, -0.2) is 24.0 Å². The Hall–Kier alpha value is -1.26. The Morgan fingerprint density at radius 2 is 1.93 bits per heavy atom. The van der Waals surface area contributed by atoms with E-state index in [9.17, 15) is 9.59 Å². The van der Waals surface area contributed by atoms with Crippen LogP contribution in [-0.2, 0) is 4.79 Å². The van der Waals surface area contributed by atoms with Crippen molar-refractivity contribution in [3.63, 3.8) is 0 Å². The van der Waals surface area contributed by atoms with Gasteiger partial charge >= 0.3 is 6.03 Å². The van der Waals surface area contributed by atoms with Gasteiger partial charge in [-0.25, -0.2) is 4.79 Å². The number of primary amides is 1. The molecule has 3 amide bonds. The Labute approximate surface area is 90.8 Å². The van der Waals surface area contributed by atoms with Crippen LogP contribution < -0.4 is 16.4 Å². The number of unbranched alkanes of at least 4 members (excludes halogenated alkanes) is 1. The summed E-state index contributed by atoms with van der Waals surface area (Å²) in [6, 6.07) is -0.255. The molecule has 0 bridgehead atoms. The molecule has 0 radical (unpaired) electrons. The molecule has 0 aromatic carbocycles. The van der Waals surface area contributed by atoms with E-state index < -0.39 is 11.4 Å². The van der Waals surface area contributed by atoms with Crippen molar-refractivity contribution in [3.8, 4) is 0 Å². The van der Waals surface area contributed by atoms with Crippen LogP contribution in [0, 0.1) is 0 Å². The van der Waals surface area contributed by atoms with Crippen LogP contribution in [0.4, 0.5) is 4.79 Å². The second kappa shape index (κ2) is 6.27. The molecule has 0 atom stereocenters. The standard InChI is InChI=1S/C10H21N3O2/c1-4-5-6-12-9(15)13-10(2,3)7-8(11)14/h4-7H2,1-3H3,(H2,11,14)(H2,12,13,15). The molecule has 0 spiro atoms. The summed E-state index contributed by atoms with van der Waals surface area (Å²) in [5, 5.41) is 5.41. The minimum absolute atomic E-state index is 0.133. The normalized spacial score (nSPS) is 10.9. The van der Waals surface area contributed by atoms with Crippen molar-refractivity contribution < 1.29 is 9.59 Å². The SMILES string of the molecule is CCCCNC(=O)NC(C)(C)CC(N)=O. The van der Waals surface area contributed by atoms with Gasteiger partial charge < -0.3 is 16.4 Å². The molecule has 0 aromatic rings. The third kappa shape index (κ3) is 7.78. The number of rotatable bonds is 6. The molecule has 0 heterocycles. The molecule has 88 valence electrons. The van der Waals surface area contributed by atoms with Crippen LogP contribution in [0.3, 0.4) is 0 Å². The maximum absolute atomic E-state index is 11.3. The van der Waals surface area contributed by atoms with Crippen LogP contribution >= 0.6 is 0 Å². The molecule has 0 fully saturated rings. The van der Waals surface area contributed by atoms with Crippen LogP contribution in [0.15, 0.2) is 0 Å². The van der Waals surface area contributed by atoms with E-state index in [1.54, 1.807) is 13.8 Å². The molecule has 0 aromatic heterocycles. The summed E-state index contributed by atoms with van der Waals surface area (Å²) in [7, 11) is 0. The zero-order chi connectivity index (χ0) is 11.9. The fourth-order valence-electron chi connectivity index (χ4n) is 1.21. The summed E-state index contributed by atoms with van der Waals surface area (Å²) < 4.78 is 0. The van der Waals surface area contributed by atoms with Gasteiger partial charge in [-0.3, -0.25) is 4.79 Å². The van der Waals surface area contributed by atoms with Gasteiger partial charge in [-0.15, -0.1) is 0 Å². The predicted octanol–water partition coefficient (Wildman–Crippen LogP) is 0.740. The number of carbonyl (C=O) groups is 2. The van der Waals surface area contributed by atoms with Crippen LogP contribution in [0.2, 0.25) is 0 Å². The van der Waals surface area contributed by atoms with Gasteiger partial charge in [-0.2, -0.15) is 0 Å². The zero-order valence-corrected chi connectivity index (χ0v) is 9.72. The first kappa shape index (κ1) is 13.7. The third-order valence-corrected chi connectivity index (χ3v) is 1.88. The van der Waals surface area contributed by atoms with E-state index in [-0.39, 0.29) is 12.5 Å². The van der Waals surface area contributed by atoms with Crippen LogP contribution in [0.1, 0.15) is 40.0 Å². The molecule has 0 unspecified atom stereocenters. The highest BCUT2D eigenvalue weighted by atomic mass is 16.2. The van der Waals surface area contributed by atoms with E-state index in [4.69, 9.17) is 5.73 Å². The first-order valence-corrected chi connectivity index (χ1v) is 5.21. The van der Waals surface area contributed by atoms with E-state index in [0.29, 0.717) is 6.54 Å². The van der Waals surface area contributed by atoms with Crippen molar-refractivity contribution in [2.24, 2.45) is 5.73 Å². The van der Waals surface area contributed by atoms with Gasteiger partial charge in [0.2, 0.25) is 5.91 Å². The summed E-state index contributed by atoms with van der Waals surface area (Å²) in [6.45, 7) is 6.22. The lowest BCUT2D eigenvalue weighted by Crippen LogP contribution is -2.50. The predicted molar refractivity (Wildman–Crippen MR) is 59.3 cm³/mol. The van der Waals surface area contributed by atoms with Crippen molar-refractivity contribution in [1.82, 2.24) is 10.6 Å². The minimum Gasteiger partial charge on any atom is -0.370 e. The smallest absolute Gasteiger partial charge is 0.315 e. The zero-order valence-electron chi connectivity index (χ0n) is 9.72. The van der Waals surface area contributed by atoms with E-state index in [1.165, 1.54) is 0 Å². The fraction of sp³-hybridized carbons (Fsp3) is 0.800. The molecule has 0 aliphatic rings. The van der Waals surface area contributed by atoms with E-state index in [1.807, 2.05) is 0 Å². The van der Waals surface area contributed by atoms with Crippen molar-refractivity contribution in [1.29, 1.82) is 0 Å². The van der Waals surface area contributed by atoms with Gasteiger partial charge in [0, 0.05) is 18.5 Å². The van der Waals surface area contributed by atoms with Gasteiger partial charge in [0.15, 0.2) is 0 Å². The van der Waals surface area contributed by atoms with Crippen molar-refractivity contribution in [3.05, 3.63) is 0 Å². The number of carbonyl (C=O) groups excluding carboxylic acids is 2. The third-order valence-electron chi connectivity index (χ3n) is 1.88. The molecule has 4 N–H and O–H groups in total. The largest absolute Gasteiger partial charge is 0.370 e. The molecule has 5 heteroatoms. The van der Waals surface area contributed by atoms with E-state index in [0.717, 1.165) is 12.8 Å². The molecule has 15 heavy (non-hydrogen) atoms. The Bertz CT molecular complexity index is 227. The second-order valence-electron chi connectivity index (χ2n) is 4.26. The lowest BCUT2D eigenvalue weighted by molar-refractivity contribution is -0.119. The molecule has 5 nitrogen and oxygen atoms in total. The second-order valence-corrected chi connectivity index (χ2v) is 4.26. The maximum atomic E-state index is 11.3. The molecule has 0 saturated heterocycles. The number of hydrogen-bond donors (Lipinski definition) is 3. The topological polar surface area (TPSA) is 84.2 Å². The minimum atomic E-state index is -0.595. The first-order valence-electron chi connectivity index (χ1n) is 5.21. The van der Waals surface area contributed by atoms with Gasteiger partial charge in [-0.1, -0.05) is 13.3 Å². The molecular formula is C10H21N3O2. The molecule has 0 aliphatic heterocycles. The summed E-state index contributed by atoms with van der Waals surface area (Å²) in [5.74, 6) is -0.422. The van der Waals surface area contributed by atoms with Gasteiger partial charge in [-0.05, 0) is 20.3 Å². The average Bonchev–Trinajstić information content (AvgIpc) is 2.00. The van der Waals surface area contributed by atoms with E-state index in [2.05, 4.69) is 17.6 Å². The average molecular weight is 215 g/mol. The highest BCUT2D eigenvalue weighted by molar-refractivity contribution is 5.78. The molecule has 0 aliphatic carbocycles. The Kier molecular flexibility index (Phi) is 5.74. The van der Waals surface area contributed by atoms with Gasteiger partial charge in [0.25, 0.3) is 0 Å². The molecule has 0 rings (SSSR count). The lowest BCUT2D eigenvalue weighted by Gasteiger charge is -2.24. The van der Waals surface area contributed by atoms with Crippen molar-refractivity contribution in [2.75, 3.05) is 6.54 Å². The van der Waals surface area contributed by atoms with Gasteiger partial charge in [0.1, 0.15) is 0 Å². The summed E-state index contributed by atoms with van der Waals surface area (Å²) in [4.78, 5) is 22.0. The van der Waals surface area contributed by atoms with Crippen molar-refractivity contribution >= 4 is 11.9 Å². The highest BCUT2D eigenvalue weighted by Crippen LogP contribution is 2.06. The number of nitrogens with two attached hydrogens (primary N) is 1. The number of hydrogen-bond acceptors (Lipinski definition) is 2. The van der Waals surface area contributed by atoms with E-state index >= 15 is 0 Å². The van der Waals surface area contributed by atoms with Gasteiger partial charge in [0.05, 0.1) is 0 Å².